The molecule has 1 heterocycles. The van der Waals surface area contributed by atoms with Crippen molar-refractivity contribution in [2.75, 3.05) is 17.2 Å². The summed E-state index contributed by atoms with van der Waals surface area (Å²) in [6, 6.07) is 8.35. The highest BCUT2D eigenvalue weighted by Gasteiger charge is 2.04. The summed E-state index contributed by atoms with van der Waals surface area (Å²) in [7, 11) is 0. The predicted octanol–water partition coefficient (Wildman–Crippen LogP) is 2.74. The number of benzene rings is 1. The lowest BCUT2D eigenvalue weighted by atomic mass is 10.2. The first-order valence-electron chi connectivity index (χ1n) is 6.35. The summed E-state index contributed by atoms with van der Waals surface area (Å²) < 4.78 is 0. The molecule has 0 aliphatic heterocycles. The summed E-state index contributed by atoms with van der Waals surface area (Å²) in [4.78, 5) is 19.1. The fraction of sp³-hybridized carbons (Fsp3) is 0.214. The molecule has 3 N–H and O–H groups in total. The van der Waals surface area contributed by atoms with Crippen LogP contribution in [0.25, 0.3) is 0 Å². The number of aromatic nitrogens is 2. The number of nitrogens with one attached hydrogen (secondary N) is 2. The third kappa shape index (κ3) is 3.68. The second kappa shape index (κ2) is 6.51. The van der Waals surface area contributed by atoms with E-state index in [0.29, 0.717) is 11.5 Å². The lowest BCUT2D eigenvalue weighted by Crippen LogP contribution is -2.04. The fourth-order valence-corrected chi connectivity index (χ4v) is 1.65. The first-order valence-corrected chi connectivity index (χ1v) is 6.35. The van der Waals surface area contributed by atoms with Gasteiger partial charge in [0, 0.05) is 18.3 Å². The predicted molar refractivity (Wildman–Crippen MR) is 77.5 cm³/mol. The minimum Gasteiger partial charge on any atom is -0.478 e. The maximum atomic E-state index is 10.9. The number of hydrogen-bond donors (Lipinski definition) is 3. The minimum absolute atomic E-state index is 0.230. The Morgan fingerprint density at radius 1 is 1.25 bits per heavy atom. The SMILES string of the molecule is CCCNc1cc(Nc2cccc(C(=O)O)c2)ncn1. The number of carbonyl (C=O) groups is 1. The molecule has 0 unspecified atom stereocenters. The second-order valence-electron chi connectivity index (χ2n) is 4.23. The van der Waals surface area contributed by atoms with Crippen molar-refractivity contribution in [3.63, 3.8) is 0 Å². The van der Waals surface area contributed by atoms with E-state index in [4.69, 9.17) is 5.11 Å². The summed E-state index contributed by atoms with van der Waals surface area (Å²) in [6.07, 6.45) is 2.47. The summed E-state index contributed by atoms with van der Waals surface area (Å²) in [5.74, 6) is 0.390. The van der Waals surface area contributed by atoms with Crippen LogP contribution >= 0.6 is 0 Å². The molecule has 0 fully saturated rings. The molecule has 0 saturated carbocycles. The summed E-state index contributed by atoms with van der Waals surface area (Å²) in [5.41, 5.74) is 0.901. The number of carboxylic acids is 1. The standard InChI is InChI=1S/C14H16N4O2/c1-2-6-15-12-8-13(17-9-16-12)18-11-5-3-4-10(7-11)14(19)20/h3-5,7-9H,2,6H2,1H3,(H,19,20)(H2,15,16,17,18). The van der Waals surface area contributed by atoms with Gasteiger partial charge in [-0.3, -0.25) is 0 Å². The molecule has 0 radical (unpaired) electrons. The van der Waals surface area contributed by atoms with Gasteiger partial charge in [0.1, 0.15) is 18.0 Å². The Morgan fingerprint density at radius 3 is 2.80 bits per heavy atom. The number of aromatic carboxylic acids is 1. The average molecular weight is 272 g/mol. The fourth-order valence-electron chi connectivity index (χ4n) is 1.65. The van der Waals surface area contributed by atoms with Crippen molar-refractivity contribution in [1.82, 2.24) is 9.97 Å². The Labute approximate surface area is 116 Å². The van der Waals surface area contributed by atoms with Crippen LogP contribution in [0, 0.1) is 0 Å². The zero-order valence-electron chi connectivity index (χ0n) is 11.1. The number of carboxylic acid groups (broad SMARTS) is 1. The van der Waals surface area contributed by atoms with Crippen molar-refractivity contribution in [2.45, 2.75) is 13.3 Å². The molecule has 1 aromatic heterocycles. The van der Waals surface area contributed by atoms with Crippen molar-refractivity contribution in [3.8, 4) is 0 Å². The Balaban J connectivity index is 2.13. The Morgan fingerprint density at radius 2 is 2.05 bits per heavy atom. The number of nitrogens with zero attached hydrogens (tertiary/aromatic N) is 2. The molecule has 2 rings (SSSR count). The topological polar surface area (TPSA) is 87.1 Å². The first kappa shape index (κ1) is 13.8. The number of rotatable bonds is 6. The largest absolute Gasteiger partial charge is 0.478 e. The zero-order chi connectivity index (χ0) is 14.4. The molecule has 104 valence electrons. The third-order valence-electron chi connectivity index (χ3n) is 2.61. The second-order valence-corrected chi connectivity index (χ2v) is 4.23. The van der Waals surface area contributed by atoms with Crippen LogP contribution in [0.2, 0.25) is 0 Å². The monoisotopic (exact) mass is 272 g/mol. The van der Waals surface area contributed by atoms with Gasteiger partial charge in [0.05, 0.1) is 5.56 Å². The smallest absolute Gasteiger partial charge is 0.335 e. The van der Waals surface area contributed by atoms with Crippen molar-refractivity contribution < 1.29 is 9.90 Å². The van der Waals surface area contributed by atoms with Gasteiger partial charge in [0.25, 0.3) is 0 Å². The van der Waals surface area contributed by atoms with Gasteiger partial charge in [-0.15, -0.1) is 0 Å². The maximum Gasteiger partial charge on any atom is 0.335 e. The molecule has 0 spiro atoms. The van der Waals surface area contributed by atoms with Gasteiger partial charge in [0.2, 0.25) is 0 Å². The molecular weight excluding hydrogens is 256 g/mol. The van der Waals surface area contributed by atoms with Crippen LogP contribution < -0.4 is 10.6 Å². The molecule has 20 heavy (non-hydrogen) atoms. The first-order chi connectivity index (χ1) is 9.69. The van der Waals surface area contributed by atoms with Crippen LogP contribution in [0.3, 0.4) is 0 Å². The highest BCUT2D eigenvalue weighted by Crippen LogP contribution is 2.17. The van der Waals surface area contributed by atoms with Crippen molar-refractivity contribution >= 4 is 23.3 Å². The van der Waals surface area contributed by atoms with Crippen LogP contribution in [-0.2, 0) is 0 Å². The van der Waals surface area contributed by atoms with Gasteiger partial charge in [-0.05, 0) is 24.6 Å². The summed E-state index contributed by atoms with van der Waals surface area (Å²) in [6.45, 7) is 2.91. The molecule has 0 aliphatic carbocycles. The van der Waals surface area contributed by atoms with Crippen molar-refractivity contribution in [3.05, 3.63) is 42.2 Å². The van der Waals surface area contributed by atoms with Crippen LogP contribution in [0.15, 0.2) is 36.7 Å². The lowest BCUT2D eigenvalue weighted by molar-refractivity contribution is 0.0697. The highest BCUT2D eigenvalue weighted by molar-refractivity contribution is 5.89. The van der Waals surface area contributed by atoms with Gasteiger partial charge < -0.3 is 15.7 Å². The van der Waals surface area contributed by atoms with Crippen molar-refractivity contribution in [1.29, 1.82) is 0 Å². The molecule has 1 aromatic carbocycles. The molecule has 0 saturated heterocycles. The summed E-state index contributed by atoms with van der Waals surface area (Å²) >= 11 is 0. The molecule has 2 aromatic rings. The van der Waals surface area contributed by atoms with Crippen LogP contribution in [0.5, 0.6) is 0 Å². The normalized spacial score (nSPS) is 10.1. The quantitative estimate of drug-likeness (QED) is 0.749. The third-order valence-corrected chi connectivity index (χ3v) is 2.61. The van der Waals surface area contributed by atoms with E-state index in [9.17, 15) is 4.79 Å². The summed E-state index contributed by atoms with van der Waals surface area (Å²) in [5, 5.41) is 15.2. The molecule has 6 nitrogen and oxygen atoms in total. The Hall–Kier alpha value is -2.63. The Bertz CT molecular complexity index is 601. The van der Waals surface area contributed by atoms with E-state index in [1.54, 1.807) is 30.3 Å². The van der Waals surface area contributed by atoms with Gasteiger partial charge >= 0.3 is 5.97 Å². The van der Waals surface area contributed by atoms with Crippen molar-refractivity contribution in [2.24, 2.45) is 0 Å². The van der Waals surface area contributed by atoms with E-state index in [1.165, 1.54) is 6.33 Å². The molecule has 0 amide bonds. The Kier molecular flexibility index (Phi) is 4.49. The van der Waals surface area contributed by atoms with E-state index in [2.05, 4.69) is 27.5 Å². The van der Waals surface area contributed by atoms with Gasteiger partial charge in [-0.2, -0.15) is 0 Å². The van der Waals surface area contributed by atoms with Gasteiger partial charge in [0.15, 0.2) is 0 Å². The highest BCUT2D eigenvalue weighted by atomic mass is 16.4. The average Bonchev–Trinajstić information content (AvgIpc) is 2.46. The molecule has 0 aliphatic rings. The van der Waals surface area contributed by atoms with Gasteiger partial charge in [-0.1, -0.05) is 13.0 Å². The zero-order valence-corrected chi connectivity index (χ0v) is 11.1. The lowest BCUT2D eigenvalue weighted by Gasteiger charge is -2.08. The van der Waals surface area contributed by atoms with E-state index in [-0.39, 0.29) is 5.56 Å². The molecule has 0 atom stereocenters. The van der Waals surface area contributed by atoms with Gasteiger partial charge in [-0.25, -0.2) is 14.8 Å². The number of anilines is 3. The van der Waals surface area contributed by atoms with Crippen LogP contribution in [-0.4, -0.2) is 27.6 Å². The van der Waals surface area contributed by atoms with E-state index in [0.717, 1.165) is 18.8 Å². The minimum atomic E-state index is -0.957. The van der Waals surface area contributed by atoms with E-state index in [1.807, 2.05) is 0 Å². The van der Waals surface area contributed by atoms with E-state index < -0.39 is 5.97 Å². The molecular formula is C14H16N4O2. The maximum absolute atomic E-state index is 10.9. The van der Waals surface area contributed by atoms with Crippen LogP contribution in [0.4, 0.5) is 17.3 Å². The molecule has 0 bridgehead atoms. The van der Waals surface area contributed by atoms with E-state index >= 15 is 0 Å². The number of hydrogen-bond acceptors (Lipinski definition) is 5. The van der Waals surface area contributed by atoms with Crippen LogP contribution in [0.1, 0.15) is 23.7 Å². The molecule has 6 heteroatoms.